The summed E-state index contributed by atoms with van der Waals surface area (Å²) in [6, 6.07) is 21.1. The molecule has 1 amide bonds. The predicted octanol–water partition coefficient (Wildman–Crippen LogP) is 4.59. The summed E-state index contributed by atoms with van der Waals surface area (Å²) in [4.78, 5) is 18.8. The molecule has 0 atom stereocenters. The van der Waals surface area contributed by atoms with Crippen molar-refractivity contribution < 1.29 is 4.79 Å². The Balaban J connectivity index is 1.35. The fourth-order valence-corrected chi connectivity index (χ4v) is 4.03. The quantitative estimate of drug-likeness (QED) is 0.602. The van der Waals surface area contributed by atoms with Crippen LogP contribution >= 0.6 is 0 Å². The number of hydrogen-bond donors (Lipinski definition) is 1. The molecule has 0 spiro atoms. The Hall–Kier alpha value is -2.98. The minimum absolute atomic E-state index is 0.0718. The van der Waals surface area contributed by atoms with Crippen LogP contribution in [-0.4, -0.2) is 28.9 Å². The molecule has 0 unspecified atom stereocenters. The second-order valence-corrected chi connectivity index (χ2v) is 7.97. The van der Waals surface area contributed by atoms with Crippen LogP contribution in [-0.2, 0) is 24.3 Å². The van der Waals surface area contributed by atoms with E-state index in [4.69, 9.17) is 0 Å². The molecule has 1 saturated heterocycles. The monoisotopic (exact) mass is 399 g/mol. The molecule has 1 N–H and O–H groups in total. The Morgan fingerprint density at radius 3 is 2.40 bits per heavy atom. The average molecular weight is 400 g/mol. The highest BCUT2D eigenvalue weighted by molar-refractivity contribution is 5.77. The van der Waals surface area contributed by atoms with E-state index >= 15 is 0 Å². The van der Waals surface area contributed by atoms with Crippen LogP contribution in [0.5, 0.6) is 0 Å². The number of pyridine rings is 1. The lowest BCUT2D eigenvalue weighted by atomic mass is 9.98. The van der Waals surface area contributed by atoms with Gasteiger partial charge in [-0.1, -0.05) is 48.5 Å². The van der Waals surface area contributed by atoms with Crippen LogP contribution < -0.4 is 5.32 Å². The van der Waals surface area contributed by atoms with Crippen LogP contribution in [0, 0.1) is 0 Å². The molecule has 0 bridgehead atoms. The van der Waals surface area contributed by atoms with Gasteiger partial charge in [0.1, 0.15) is 0 Å². The zero-order chi connectivity index (χ0) is 20.6. The van der Waals surface area contributed by atoms with Crippen LogP contribution in [0.1, 0.15) is 36.0 Å². The topological polar surface area (TPSA) is 45.2 Å². The number of benzene rings is 2. The first-order valence-electron chi connectivity index (χ1n) is 10.8. The van der Waals surface area contributed by atoms with Crippen LogP contribution in [0.4, 0.5) is 0 Å². The molecule has 1 aliphatic rings. The van der Waals surface area contributed by atoms with Gasteiger partial charge in [-0.2, -0.15) is 0 Å². The van der Waals surface area contributed by atoms with Gasteiger partial charge in [-0.25, -0.2) is 0 Å². The number of aromatic nitrogens is 1. The summed E-state index contributed by atoms with van der Waals surface area (Å²) in [5.74, 6) is 0.0718. The van der Waals surface area contributed by atoms with Crippen molar-refractivity contribution >= 4 is 5.91 Å². The maximum absolute atomic E-state index is 12.3. The SMILES string of the molecule is O=C(CCc1ccncc1)NCc1ccccc1-c1ccc(CN2CCCC2)cc1. The maximum Gasteiger partial charge on any atom is 0.220 e. The van der Waals surface area contributed by atoms with Crippen molar-refractivity contribution in [3.63, 3.8) is 0 Å². The molecule has 1 aromatic heterocycles. The molecule has 0 radical (unpaired) electrons. The number of hydrogen-bond acceptors (Lipinski definition) is 3. The summed E-state index contributed by atoms with van der Waals surface area (Å²) >= 11 is 0. The van der Waals surface area contributed by atoms with Crippen LogP contribution in [0.3, 0.4) is 0 Å². The lowest BCUT2D eigenvalue weighted by Gasteiger charge is -2.15. The van der Waals surface area contributed by atoms with E-state index < -0.39 is 0 Å². The van der Waals surface area contributed by atoms with Gasteiger partial charge in [0.15, 0.2) is 0 Å². The molecule has 30 heavy (non-hydrogen) atoms. The van der Waals surface area contributed by atoms with Gasteiger partial charge < -0.3 is 5.32 Å². The van der Waals surface area contributed by atoms with E-state index in [0.717, 1.165) is 24.1 Å². The Morgan fingerprint density at radius 2 is 1.63 bits per heavy atom. The predicted molar refractivity (Wildman–Crippen MR) is 121 cm³/mol. The van der Waals surface area contributed by atoms with Gasteiger partial charge in [-0.15, -0.1) is 0 Å². The Kier molecular flexibility index (Phi) is 6.88. The van der Waals surface area contributed by atoms with Gasteiger partial charge in [0.25, 0.3) is 0 Å². The molecule has 4 heteroatoms. The van der Waals surface area contributed by atoms with Crippen LogP contribution in [0.2, 0.25) is 0 Å². The molecule has 1 fully saturated rings. The second kappa shape index (κ2) is 10.2. The molecule has 4 nitrogen and oxygen atoms in total. The van der Waals surface area contributed by atoms with Gasteiger partial charge in [-0.05, 0) is 72.3 Å². The first-order chi connectivity index (χ1) is 14.8. The molecule has 2 aromatic carbocycles. The minimum Gasteiger partial charge on any atom is -0.352 e. The third kappa shape index (κ3) is 5.55. The molecular formula is C26H29N3O. The molecule has 2 heterocycles. The Labute approximate surface area is 179 Å². The number of amides is 1. The van der Waals surface area contributed by atoms with Crippen LogP contribution in [0.25, 0.3) is 11.1 Å². The molecule has 3 aromatic rings. The van der Waals surface area contributed by atoms with Crippen molar-refractivity contribution in [2.75, 3.05) is 13.1 Å². The van der Waals surface area contributed by atoms with E-state index in [-0.39, 0.29) is 5.91 Å². The van der Waals surface area contributed by atoms with Crippen molar-refractivity contribution in [3.8, 4) is 11.1 Å². The highest BCUT2D eigenvalue weighted by Gasteiger charge is 2.12. The summed E-state index contributed by atoms with van der Waals surface area (Å²) in [5, 5.41) is 3.08. The lowest BCUT2D eigenvalue weighted by molar-refractivity contribution is -0.121. The normalized spacial score (nSPS) is 14.0. The number of carbonyl (C=O) groups excluding carboxylic acids is 1. The van der Waals surface area contributed by atoms with Crippen molar-refractivity contribution in [3.05, 3.63) is 89.7 Å². The zero-order valence-corrected chi connectivity index (χ0v) is 17.4. The van der Waals surface area contributed by atoms with Crippen LogP contribution in [0.15, 0.2) is 73.1 Å². The van der Waals surface area contributed by atoms with Gasteiger partial charge in [0, 0.05) is 31.9 Å². The average Bonchev–Trinajstić information content (AvgIpc) is 3.31. The first-order valence-corrected chi connectivity index (χ1v) is 10.8. The fraction of sp³-hybridized carbons (Fsp3) is 0.308. The smallest absolute Gasteiger partial charge is 0.220 e. The Bertz CT molecular complexity index is 948. The number of aryl methyl sites for hydroxylation is 1. The van der Waals surface area contributed by atoms with E-state index in [0.29, 0.717) is 13.0 Å². The molecule has 0 saturated carbocycles. The standard InChI is InChI=1S/C26H29N3O/c30-26(12-9-21-13-15-27-16-14-21)28-19-24-5-1-2-6-25(24)23-10-7-22(8-11-23)20-29-17-3-4-18-29/h1-2,5-8,10-11,13-16H,3-4,9,12,17-20H2,(H,28,30). The Morgan fingerprint density at radius 1 is 0.900 bits per heavy atom. The number of nitrogens with one attached hydrogen (secondary N) is 1. The summed E-state index contributed by atoms with van der Waals surface area (Å²) in [6.07, 6.45) is 7.38. The number of nitrogens with zero attached hydrogens (tertiary/aromatic N) is 2. The largest absolute Gasteiger partial charge is 0.352 e. The summed E-state index contributed by atoms with van der Waals surface area (Å²) in [5.41, 5.74) is 6.01. The number of carbonyl (C=O) groups is 1. The zero-order valence-electron chi connectivity index (χ0n) is 17.4. The van der Waals surface area contributed by atoms with Gasteiger partial charge in [0.2, 0.25) is 5.91 Å². The first kappa shape index (κ1) is 20.3. The van der Waals surface area contributed by atoms with Gasteiger partial charge >= 0.3 is 0 Å². The lowest BCUT2D eigenvalue weighted by Crippen LogP contribution is -2.23. The third-order valence-electron chi connectivity index (χ3n) is 5.75. The van der Waals surface area contributed by atoms with E-state index in [1.165, 1.54) is 42.6 Å². The third-order valence-corrected chi connectivity index (χ3v) is 5.75. The number of likely N-dealkylation sites (tertiary alicyclic amines) is 1. The van der Waals surface area contributed by atoms with Gasteiger partial charge in [-0.3, -0.25) is 14.7 Å². The fourth-order valence-electron chi connectivity index (χ4n) is 4.03. The van der Waals surface area contributed by atoms with Crippen molar-refractivity contribution in [2.45, 2.75) is 38.8 Å². The van der Waals surface area contributed by atoms with Gasteiger partial charge in [0.05, 0.1) is 0 Å². The highest BCUT2D eigenvalue weighted by Crippen LogP contribution is 2.25. The molecule has 154 valence electrons. The van der Waals surface area contributed by atoms with E-state index in [2.05, 4.69) is 57.7 Å². The minimum atomic E-state index is 0.0718. The summed E-state index contributed by atoms with van der Waals surface area (Å²) in [6.45, 7) is 4.01. The molecule has 1 aliphatic heterocycles. The van der Waals surface area contributed by atoms with E-state index in [9.17, 15) is 4.79 Å². The molecule has 0 aliphatic carbocycles. The second-order valence-electron chi connectivity index (χ2n) is 7.97. The van der Waals surface area contributed by atoms with Crippen molar-refractivity contribution in [2.24, 2.45) is 0 Å². The summed E-state index contributed by atoms with van der Waals surface area (Å²) in [7, 11) is 0. The van der Waals surface area contributed by atoms with E-state index in [1.807, 2.05) is 18.2 Å². The van der Waals surface area contributed by atoms with Crippen molar-refractivity contribution in [1.82, 2.24) is 15.2 Å². The summed E-state index contributed by atoms with van der Waals surface area (Å²) < 4.78 is 0. The molecule has 4 rings (SSSR count). The molecular weight excluding hydrogens is 370 g/mol. The highest BCUT2D eigenvalue weighted by atomic mass is 16.1. The maximum atomic E-state index is 12.3. The van der Waals surface area contributed by atoms with Crippen molar-refractivity contribution in [1.29, 1.82) is 0 Å². The number of rotatable bonds is 8. The van der Waals surface area contributed by atoms with E-state index in [1.54, 1.807) is 12.4 Å².